The van der Waals surface area contributed by atoms with E-state index in [-0.39, 0.29) is 12.2 Å². The van der Waals surface area contributed by atoms with E-state index in [0.29, 0.717) is 6.20 Å². The molecule has 0 aliphatic rings. The maximum Gasteiger partial charge on any atom is 0.417 e. The van der Waals surface area contributed by atoms with E-state index in [0.717, 1.165) is 17.7 Å². The van der Waals surface area contributed by atoms with Crippen molar-refractivity contribution in [3.63, 3.8) is 0 Å². The van der Waals surface area contributed by atoms with Crippen LogP contribution in [0.25, 0.3) is 0 Å². The second kappa shape index (κ2) is 5.13. The van der Waals surface area contributed by atoms with Gasteiger partial charge < -0.3 is 10.3 Å². The zero-order valence-corrected chi connectivity index (χ0v) is 9.66. The Balaban J connectivity index is 2.00. The first kappa shape index (κ1) is 13.1. The minimum atomic E-state index is -4.45. The lowest BCUT2D eigenvalue weighted by Crippen LogP contribution is -2.23. The van der Waals surface area contributed by atoms with Gasteiger partial charge in [-0.2, -0.15) is 13.2 Å². The number of carbonyl (C=O) groups is 1. The van der Waals surface area contributed by atoms with E-state index >= 15 is 0 Å². The van der Waals surface area contributed by atoms with Gasteiger partial charge in [-0.05, 0) is 23.8 Å². The lowest BCUT2D eigenvalue weighted by Gasteiger charge is -2.07. The summed E-state index contributed by atoms with van der Waals surface area (Å²) in [5.41, 5.74) is -0.0709. The first-order chi connectivity index (χ1) is 8.97. The van der Waals surface area contributed by atoms with Crippen LogP contribution in [-0.4, -0.2) is 15.9 Å². The average Bonchev–Trinajstić information content (AvgIpc) is 2.88. The smallest absolute Gasteiger partial charge is 0.367 e. The Morgan fingerprint density at radius 1 is 1.32 bits per heavy atom. The maximum atomic E-state index is 12.3. The predicted octanol–water partition coefficient (Wildman–Crippen LogP) is 2.36. The Morgan fingerprint density at radius 2 is 2.11 bits per heavy atom. The summed E-state index contributed by atoms with van der Waals surface area (Å²) in [6.45, 7) is 0.283. The van der Waals surface area contributed by atoms with Gasteiger partial charge in [-0.25, -0.2) is 0 Å². The van der Waals surface area contributed by atoms with Crippen LogP contribution >= 0.6 is 0 Å². The van der Waals surface area contributed by atoms with Crippen molar-refractivity contribution in [2.24, 2.45) is 0 Å². The first-order valence-electron chi connectivity index (χ1n) is 5.40. The second-order valence-corrected chi connectivity index (χ2v) is 3.83. The molecular formula is C12H10F3N3O. The van der Waals surface area contributed by atoms with Crippen molar-refractivity contribution in [2.75, 3.05) is 0 Å². The van der Waals surface area contributed by atoms with Gasteiger partial charge in [0.25, 0.3) is 5.91 Å². The number of halogens is 3. The Hall–Kier alpha value is -2.31. The van der Waals surface area contributed by atoms with Gasteiger partial charge in [0, 0.05) is 25.1 Å². The number of H-pyrrole nitrogens is 1. The highest BCUT2D eigenvalue weighted by Gasteiger charge is 2.30. The van der Waals surface area contributed by atoms with Crippen molar-refractivity contribution in [2.45, 2.75) is 12.7 Å². The van der Waals surface area contributed by atoms with Crippen molar-refractivity contribution in [1.29, 1.82) is 0 Å². The van der Waals surface area contributed by atoms with E-state index in [1.165, 1.54) is 0 Å². The molecule has 0 aromatic carbocycles. The third-order valence-electron chi connectivity index (χ3n) is 2.44. The van der Waals surface area contributed by atoms with Gasteiger partial charge in [0.15, 0.2) is 0 Å². The van der Waals surface area contributed by atoms with Crippen molar-refractivity contribution in [3.8, 4) is 0 Å². The molecule has 19 heavy (non-hydrogen) atoms. The molecule has 2 rings (SSSR count). The largest absolute Gasteiger partial charge is 0.417 e. The van der Waals surface area contributed by atoms with Gasteiger partial charge >= 0.3 is 6.18 Å². The fourth-order valence-corrected chi connectivity index (χ4v) is 1.44. The van der Waals surface area contributed by atoms with Crippen LogP contribution in [0.2, 0.25) is 0 Å². The molecule has 0 saturated carbocycles. The van der Waals surface area contributed by atoms with Crippen molar-refractivity contribution in [1.82, 2.24) is 15.3 Å². The van der Waals surface area contributed by atoms with E-state index in [2.05, 4.69) is 15.3 Å². The van der Waals surface area contributed by atoms with E-state index in [1.54, 1.807) is 18.5 Å². The molecule has 7 heteroatoms. The van der Waals surface area contributed by atoms with Gasteiger partial charge in [-0.15, -0.1) is 0 Å². The highest BCUT2D eigenvalue weighted by atomic mass is 19.4. The number of alkyl halides is 3. The summed E-state index contributed by atoms with van der Waals surface area (Å²) < 4.78 is 36.9. The predicted molar refractivity (Wildman–Crippen MR) is 61.2 cm³/mol. The molecule has 0 saturated heterocycles. The third kappa shape index (κ3) is 3.34. The minimum absolute atomic E-state index is 0.0523. The topological polar surface area (TPSA) is 57.8 Å². The monoisotopic (exact) mass is 269 g/mol. The highest BCUT2D eigenvalue weighted by molar-refractivity contribution is 5.92. The summed E-state index contributed by atoms with van der Waals surface area (Å²) in [6.07, 6.45) is -0.392. The van der Waals surface area contributed by atoms with Crippen LogP contribution in [0.5, 0.6) is 0 Å². The van der Waals surface area contributed by atoms with E-state index < -0.39 is 17.6 Å². The zero-order valence-electron chi connectivity index (χ0n) is 9.66. The number of aromatic nitrogens is 2. The molecule has 2 aromatic rings. The molecule has 1 amide bonds. The number of carbonyl (C=O) groups excluding carboxylic acids is 1. The number of aromatic amines is 1. The number of rotatable bonds is 3. The van der Waals surface area contributed by atoms with E-state index in [9.17, 15) is 18.0 Å². The van der Waals surface area contributed by atoms with Crippen molar-refractivity contribution >= 4 is 5.91 Å². The van der Waals surface area contributed by atoms with Crippen LogP contribution in [0, 0.1) is 0 Å². The van der Waals surface area contributed by atoms with Crippen LogP contribution in [0.15, 0.2) is 36.8 Å². The van der Waals surface area contributed by atoms with Crippen LogP contribution in [0.4, 0.5) is 13.2 Å². The molecule has 0 atom stereocenters. The number of amides is 1. The number of hydrogen-bond donors (Lipinski definition) is 2. The zero-order chi connectivity index (χ0) is 13.9. The Kier molecular flexibility index (Phi) is 3.55. The average molecular weight is 269 g/mol. The van der Waals surface area contributed by atoms with Crippen LogP contribution in [-0.2, 0) is 12.7 Å². The number of pyridine rings is 1. The van der Waals surface area contributed by atoms with Gasteiger partial charge in [0.1, 0.15) is 5.69 Å². The lowest BCUT2D eigenvalue weighted by atomic mass is 10.2. The standard InChI is InChI=1S/C12H10F3N3O/c13-12(14,15)9-1-2-10(17-7-9)11(19)18-6-8-3-4-16-5-8/h1-5,7,16H,6H2,(H,18,19). The van der Waals surface area contributed by atoms with E-state index in [4.69, 9.17) is 0 Å². The minimum Gasteiger partial charge on any atom is -0.367 e. The summed E-state index contributed by atoms with van der Waals surface area (Å²) in [5, 5.41) is 2.56. The summed E-state index contributed by atoms with van der Waals surface area (Å²) in [6, 6.07) is 3.66. The van der Waals surface area contributed by atoms with Gasteiger partial charge in [0.05, 0.1) is 5.56 Å². The van der Waals surface area contributed by atoms with Gasteiger partial charge in [0.2, 0.25) is 0 Å². The number of nitrogens with zero attached hydrogens (tertiary/aromatic N) is 1. The Morgan fingerprint density at radius 3 is 2.63 bits per heavy atom. The molecule has 0 radical (unpaired) electrons. The van der Waals surface area contributed by atoms with Gasteiger partial charge in [-0.3, -0.25) is 9.78 Å². The molecule has 0 bridgehead atoms. The molecular weight excluding hydrogens is 259 g/mol. The molecule has 2 N–H and O–H groups in total. The number of nitrogens with one attached hydrogen (secondary N) is 2. The lowest BCUT2D eigenvalue weighted by molar-refractivity contribution is -0.137. The third-order valence-corrected chi connectivity index (χ3v) is 2.44. The highest BCUT2D eigenvalue weighted by Crippen LogP contribution is 2.28. The molecule has 0 unspecified atom stereocenters. The normalized spacial score (nSPS) is 11.3. The molecule has 0 spiro atoms. The molecule has 4 nitrogen and oxygen atoms in total. The van der Waals surface area contributed by atoms with Crippen LogP contribution < -0.4 is 5.32 Å². The summed E-state index contributed by atoms with van der Waals surface area (Å²) in [4.78, 5) is 18.0. The summed E-state index contributed by atoms with van der Waals surface area (Å²) >= 11 is 0. The van der Waals surface area contributed by atoms with Crippen LogP contribution in [0.1, 0.15) is 21.6 Å². The Bertz CT molecular complexity index is 547. The van der Waals surface area contributed by atoms with Crippen molar-refractivity contribution in [3.05, 3.63) is 53.6 Å². The quantitative estimate of drug-likeness (QED) is 0.898. The number of hydrogen-bond acceptors (Lipinski definition) is 2. The molecule has 2 heterocycles. The second-order valence-electron chi connectivity index (χ2n) is 3.83. The maximum absolute atomic E-state index is 12.3. The molecule has 2 aromatic heterocycles. The first-order valence-corrected chi connectivity index (χ1v) is 5.40. The Labute approximate surface area is 106 Å². The summed E-state index contributed by atoms with van der Waals surface area (Å²) in [5.74, 6) is -0.519. The molecule has 0 aliphatic carbocycles. The fraction of sp³-hybridized carbons (Fsp3) is 0.167. The van der Waals surface area contributed by atoms with Crippen LogP contribution in [0.3, 0.4) is 0 Å². The molecule has 0 fully saturated rings. The fourth-order valence-electron chi connectivity index (χ4n) is 1.44. The molecule has 100 valence electrons. The van der Waals surface area contributed by atoms with Gasteiger partial charge in [-0.1, -0.05) is 0 Å². The summed E-state index contributed by atoms with van der Waals surface area (Å²) in [7, 11) is 0. The van der Waals surface area contributed by atoms with E-state index in [1.807, 2.05) is 0 Å². The SMILES string of the molecule is O=C(NCc1cc[nH]c1)c1ccc(C(F)(F)F)cn1. The van der Waals surface area contributed by atoms with Crippen molar-refractivity contribution < 1.29 is 18.0 Å². The molecule has 0 aliphatic heterocycles.